The summed E-state index contributed by atoms with van der Waals surface area (Å²) in [5.41, 5.74) is 3.94. The zero-order valence-electron chi connectivity index (χ0n) is 18.8. The third-order valence-electron chi connectivity index (χ3n) is 6.34. The summed E-state index contributed by atoms with van der Waals surface area (Å²) in [5.74, 6) is 0. The van der Waals surface area contributed by atoms with Gasteiger partial charge in [0, 0.05) is 24.0 Å². The van der Waals surface area contributed by atoms with Crippen LogP contribution in [-0.4, -0.2) is 61.2 Å². The number of benzene rings is 2. The van der Waals surface area contributed by atoms with Crippen molar-refractivity contribution in [1.82, 2.24) is 15.0 Å². The molecule has 0 spiro atoms. The average Bonchev–Trinajstić information content (AvgIpc) is 3.55. The van der Waals surface area contributed by atoms with E-state index in [0.29, 0.717) is 46.7 Å². The Bertz CT molecular complexity index is 1520. The predicted molar refractivity (Wildman–Crippen MR) is 131 cm³/mol. The Balaban J connectivity index is 1.29. The number of nitrogens with zero attached hydrogens (tertiary/aromatic N) is 2. The SMILES string of the molecule is CS(=O)(=O)c1ccccc1-c1ccc(-c2nc3nc(O[C@@H]4CO[C@@H]5CCO[C@@H]54)[nH]c3cc2Cl)cc1. The standard InChI is InChI=1S/C25H22ClN3O5S/c1-35(30,31)21-5-3-2-4-16(21)14-6-8-15(9-7-14)22-17(26)12-18-24(28-22)29-25(27-18)34-20-13-33-19-10-11-32-23(19)20/h2-9,12,19-20,23H,10-11,13H2,1H3,(H,27,28,29)/t19-,20-,23+/m1/s1. The highest BCUT2D eigenvalue weighted by Crippen LogP contribution is 2.34. The van der Waals surface area contributed by atoms with Crippen molar-refractivity contribution in [2.45, 2.75) is 29.6 Å². The molecule has 2 saturated heterocycles. The molecule has 0 saturated carbocycles. The molecule has 1 N–H and O–H groups in total. The van der Waals surface area contributed by atoms with Gasteiger partial charge in [-0.2, -0.15) is 4.98 Å². The lowest BCUT2D eigenvalue weighted by atomic mass is 10.0. The van der Waals surface area contributed by atoms with Crippen LogP contribution in [0.3, 0.4) is 0 Å². The lowest BCUT2D eigenvalue weighted by Crippen LogP contribution is -2.32. The van der Waals surface area contributed by atoms with E-state index in [4.69, 9.17) is 25.8 Å². The molecule has 0 radical (unpaired) electrons. The molecule has 0 unspecified atom stereocenters. The van der Waals surface area contributed by atoms with Gasteiger partial charge in [-0.05, 0) is 24.1 Å². The van der Waals surface area contributed by atoms with Gasteiger partial charge in [-0.25, -0.2) is 13.4 Å². The van der Waals surface area contributed by atoms with Crippen molar-refractivity contribution in [3.63, 3.8) is 0 Å². The molecule has 10 heteroatoms. The van der Waals surface area contributed by atoms with Crippen LogP contribution in [-0.2, 0) is 19.3 Å². The molecule has 35 heavy (non-hydrogen) atoms. The van der Waals surface area contributed by atoms with E-state index in [1.165, 1.54) is 6.26 Å². The van der Waals surface area contributed by atoms with E-state index in [1.807, 2.05) is 30.3 Å². The van der Waals surface area contributed by atoms with Gasteiger partial charge in [0.1, 0.15) is 6.10 Å². The van der Waals surface area contributed by atoms with Crippen molar-refractivity contribution in [3.05, 3.63) is 59.6 Å². The van der Waals surface area contributed by atoms with Crippen LogP contribution in [0.25, 0.3) is 33.5 Å². The van der Waals surface area contributed by atoms with Crippen molar-refractivity contribution >= 4 is 32.6 Å². The summed E-state index contributed by atoms with van der Waals surface area (Å²) < 4.78 is 41.9. The summed E-state index contributed by atoms with van der Waals surface area (Å²) in [6.45, 7) is 1.13. The fraction of sp³-hybridized carbons (Fsp3) is 0.280. The number of H-pyrrole nitrogens is 1. The van der Waals surface area contributed by atoms with E-state index in [2.05, 4.69) is 15.0 Å². The Labute approximate surface area is 207 Å². The summed E-state index contributed by atoms with van der Waals surface area (Å²) in [4.78, 5) is 12.6. The zero-order chi connectivity index (χ0) is 24.2. The summed E-state index contributed by atoms with van der Waals surface area (Å²) in [7, 11) is -3.36. The highest BCUT2D eigenvalue weighted by atomic mass is 35.5. The van der Waals surface area contributed by atoms with Crippen molar-refractivity contribution in [2.24, 2.45) is 0 Å². The highest BCUT2D eigenvalue weighted by Gasteiger charge is 2.43. The number of aromatic nitrogens is 3. The Hall–Kier alpha value is -2.98. The molecule has 4 heterocycles. The van der Waals surface area contributed by atoms with E-state index in [0.717, 1.165) is 17.5 Å². The second kappa shape index (κ2) is 8.60. The predicted octanol–water partition coefficient (Wildman–Crippen LogP) is 4.28. The Morgan fingerprint density at radius 3 is 2.63 bits per heavy atom. The number of halogens is 1. The molecule has 3 atom stereocenters. The second-order valence-corrected chi connectivity index (χ2v) is 11.1. The van der Waals surface area contributed by atoms with Crippen LogP contribution in [0, 0.1) is 0 Å². The van der Waals surface area contributed by atoms with E-state index in [9.17, 15) is 8.42 Å². The fourth-order valence-electron chi connectivity index (χ4n) is 4.66. The normalized spacial score (nSPS) is 21.9. The lowest BCUT2D eigenvalue weighted by molar-refractivity contribution is 0.0273. The third kappa shape index (κ3) is 4.18. The van der Waals surface area contributed by atoms with E-state index in [-0.39, 0.29) is 23.2 Å². The average molecular weight is 512 g/mol. The zero-order valence-corrected chi connectivity index (χ0v) is 20.3. The van der Waals surface area contributed by atoms with Gasteiger partial charge in [0.25, 0.3) is 6.01 Å². The molecule has 2 fully saturated rings. The highest BCUT2D eigenvalue weighted by molar-refractivity contribution is 7.90. The first-order valence-corrected chi connectivity index (χ1v) is 13.5. The molecule has 180 valence electrons. The van der Waals surface area contributed by atoms with Crippen LogP contribution in [0.5, 0.6) is 6.01 Å². The number of ether oxygens (including phenoxy) is 3. The fourth-order valence-corrected chi connectivity index (χ4v) is 5.84. The van der Waals surface area contributed by atoms with Gasteiger partial charge in [-0.15, -0.1) is 0 Å². The lowest BCUT2D eigenvalue weighted by Gasteiger charge is -2.15. The van der Waals surface area contributed by atoms with E-state index < -0.39 is 9.84 Å². The molecule has 2 aromatic heterocycles. The van der Waals surface area contributed by atoms with Gasteiger partial charge in [0.15, 0.2) is 21.6 Å². The Kier molecular flexibility index (Phi) is 5.52. The number of hydrogen-bond acceptors (Lipinski definition) is 7. The van der Waals surface area contributed by atoms with E-state index in [1.54, 1.807) is 24.3 Å². The van der Waals surface area contributed by atoms with Gasteiger partial charge in [0.05, 0.1) is 33.8 Å². The van der Waals surface area contributed by atoms with Crippen LogP contribution in [0.2, 0.25) is 5.02 Å². The monoisotopic (exact) mass is 511 g/mol. The maximum absolute atomic E-state index is 12.2. The first kappa shape index (κ1) is 22.5. The molecule has 2 aliphatic heterocycles. The van der Waals surface area contributed by atoms with Crippen LogP contribution < -0.4 is 4.74 Å². The maximum atomic E-state index is 12.2. The Morgan fingerprint density at radius 1 is 1.06 bits per heavy atom. The van der Waals surface area contributed by atoms with Gasteiger partial charge >= 0.3 is 0 Å². The molecular formula is C25H22ClN3O5S. The summed E-state index contributed by atoms with van der Waals surface area (Å²) >= 11 is 6.56. The molecule has 0 bridgehead atoms. The van der Waals surface area contributed by atoms with Crippen LogP contribution >= 0.6 is 11.6 Å². The largest absolute Gasteiger partial charge is 0.456 e. The second-order valence-electron chi connectivity index (χ2n) is 8.73. The number of sulfone groups is 1. The van der Waals surface area contributed by atoms with Gasteiger partial charge in [-0.1, -0.05) is 54.1 Å². The number of hydrogen-bond donors (Lipinski definition) is 1. The quantitative estimate of drug-likeness (QED) is 0.426. The van der Waals surface area contributed by atoms with Crippen molar-refractivity contribution in [3.8, 4) is 28.4 Å². The third-order valence-corrected chi connectivity index (χ3v) is 7.79. The molecule has 0 amide bonds. The smallest absolute Gasteiger partial charge is 0.296 e. The summed E-state index contributed by atoms with van der Waals surface area (Å²) in [6.07, 6.45) is 1.86. The number of nitrogens with one attached hydrogen (secondary N) is 1. The van der Waals surface area contributed by atoms with Gasteiger partial charge < -0.3 is 19.2 Å². The number of pyridine rings is 1. The minimum Gasteiger partial charge on any atom is -0.456 e. The Morgan fingerprint density at radius 2 is 1.83 bits per heavy atom. The molecular weight excluding hydrogens is 490 g/mol. The molecule has 0 aliphatic carbocycles. The summed E-state index contributed by atoms with van der Waals surface area (Å²) in [5, 5.41) is 0.459. The molecule has 6 rings (SSSR count). The number of aromatic amines is 1. The first-order valence-electron chi connectivity index (χ1n) is 11.2. The first-order chi connectivity index (χ1) is 16.9. The molecule has 8 nitrogen and oxygen atoms in total. The number of rotatable bonds is 5. The van der Waals surface area contributed by atoms with Crippen molar-refractivity contribution in [1.29, 1.82) is 0 Å². The van der Waals surface area contributed by atoms with Gasteiger partial charge in [0.2, 0.25) is 0 Å². The van der Waals surface area contributed by atoms with Crippen LogP contribution in [0.1, 0.15) is 6.42 Å². The number of imidazole rings is 1. The molecule has 2 aliphatic rings. The molecule has 4 aromatic rings. The minimum absolute atomic E-state index is 0.0796. The minimum atomic E-state index is -3.36. The van der Waals surface area contributed by atoms with E-state index >= 15 is 0 Å². The van der Waals surface area contributed by atoms with Crippen molar-refractivity contribution < 1.29 is 22.6 Å². The topological polar surface area (TPSA) is 103 Å². The maximum Gasteiger partial charge on any atom is 0.296 e. The van der Waals surface area contributed by atoms with Crippen LogP contribution in [0.15, 0.2) is 59.5 Å². The van der Waals surface area contributed by atoms with Crippen LogP contribution in [0.4, 0.5) is 0 Å². The van der Waals surface area contributed by atoms with Gasteiger partial charge in [-0.3, -0.25) is 0 Å². The summed E-state index contributed by atoms with van der Waals surface area (Å²) in [6, 6.07) is 16.5. The number of fused-ring (bicyclic) bond motifs is 2. The molecule has 2 aromatic carbocycles. The van der Waals surface area contributed by atoms with Crippen molar-refractivity contribution in [2.75, 3.05) is 19.5 Å².